The van der Waals surface area contributed by atoms with E-state index in [1.165, 1.54) is 6.92 Å². The molecule has 0 saturated heterocycles. The van der Waals surface area contributed by atoms with E-state index in [1.807, 2.05) is 6.08 Å². The Morgan fingerprint density at radius 1 is 1.41 bits per heavy atom. The van der Waals surface area contributed by atoms with Crippen LogP contribution in [0.15, 0.2) is 29.2 Å². The molecule has 1 aromatic rings. The highest BCUT2D eigenvalue weighted by molar-refractivity contribution is 5.12. The molecule has 0 aliphatic carbocycles. The molecule has 0 radical (unpaired) electrons. The number of furan rings is 1. The molecule has 0 aliphatic heterocycles. The zero-order valence-electron chi connectivity index (χ0n) is 10.3. The van der Waals surface area contributed by atoms with E-state index in [0.29, 0.717) is 11.5 Å². The Bertz CT molecular complexity index is 343. The third-order valence-electron chi connectivity index (χ3n) is 2.63. The van der Waals surface area contributed by atoms with Crippen LogP contribution < -0.4 is 0 Å². The van der Waals surface area contributed by atoms with Crippen molar-refractivity contribution >= 4 is 0 Å². The summed E-state index contributed by atoms with van der Waals surface area (Å²) in [7, 11) is 1.61. The molecule has 96 valence electrons. The molecule has 3 unspecified atom stereocenters. The van der Waals surface area contributed by atoms with Gasteiger partial charge in [0, 0.05) is 7.11 Å². The van der Waals surface area contributed by atoms with E-state index in [2.05, 4.69) is 6.58 Å². The highest BCUT2D eigenvalue weighted by atomic mass is 16.5. The van der Waals surface area contributed by atoms with Crippen molar-refractivity contribution in [3.63, 3.8) is 0 Å². The Hall–Kier alpha value is -1.10. The van der Waals surface area contributed by atoms with E-state index in [4.69, 9.17) is 9.15 Å². The van der Waals surface area contributed by atoms with Crippen molar-refractivity contribution in [1.29, 1.82) is 0 Å². The molecule has 1 heterocycles. The van der Waals surface area contributed by atoms with Crippen LogP contribution in [0.5, 0.6) is 0 Å². The molecule has 4 heteroatoms. The third kappa shape index (κ3) is 3.70. The summed E-state index contributed by atoms with van der Waals surface area (Å²) < 4.78 is 10.8. The van der Waals surface area contributed by atoms with Gasteiger partial charge in [-0.05, 0) is 31.9 Å². The molecule has 0 aromatic carbocycles. The van der Waals surface area contributed by atoms with Gasteiger partial charge in [0.2, 0.25) is 0 Å². The minimum atomic E-state index is -0.999. The standard InChI is InChI=1S/C13H20O4/c1-4-5-6-10(16-3)11-7-8-12(17-11)13(15)9(2)14/h4,7-10,13-15H,1,5-6H2,2-3H3. The first kappa shape index (κ1) is 14.0. The second-order valence-corrected chi connectivity index (χ2v) is 4.02. The van der Waals surface area contributed by atoms with Gasteiger partial charge < -0.3 is 19.4 Å². The maximum absolute atomic E-state index is 9.64. The quantitative estimate of drug-likeness (QED) is 0.718. The smallest absolute Gasteiger partial charge is 0.137 e. The first-order chi connectivity index (χ1) is 8.10. The number of aliphatic hydroxyl groups is 2. The lowest BCUT2D eigenvalue weighted by Gasteiger charge is -2.13. The first-order valence-corrected chi connectivity index (χ1v) is 5.69. The van der Waals surface area contributed by atoms with E-state index in [0.717, 1.165) is 12.8 Å². The maximum Gasteiger partial charge on any atom is 0.137 e. The molecule has 3 atom stereocenters. The van der Waals surface area contributed by atoms with Gasteiger partial charge in [-0.2, -0.15) is 0 Å². The third-order valence-corrected chi connectivity index (χ3v) is 2.63. The van der Waals surface area contributed by atoms with Crippen LogP contribution >= 0.6 is 0 Å². The van der Waals surface area contributed by atoms with Crippen LogP contribution in [0.4, 0.5) is 0 Å². The Balaban J connectivity index is 2.74. The molecule has 2 N–H and O–H groups in total. The summed E-state index contributed by atoms with van der Waals surface area (Å²) >= 11 is 0. The predicted octanol–water partition coefficient (Wildman–Crippen LogP) is 2.35. The number of aliphatic hydroxyl groups excluding tert-OH is 2. The fourth-order valence-corrected chi connectivity index (χ4v) is 1.58. The molecule has 0 aliphatic rings. The number of rotatable bonds is 7. The Morgan fingerprint density at radius 2 is 2.06 bits per heavy atom. The van der Waals surface area contributed by atoms with Crippen LogP contribution in [-0.4, -0.2) is 23.4 Å². The normalized spacial score (nSPS) is 16.5. The molecule has 0 bridgehead atoms. The molecule has 0 amide bonds. The molecule has 0 saturated carbocycles. The summed E-state index contributed by atoms with van der Waals surface area (Å²) in [4.78, 5) is 0. The van der Waals surface area contributed by atoms with Gasteiger partial charge in [0.25, 0.3) is 0 Å². The number of hydrogen-bond donors (Lipinski definition) is 2. The molecule has 1 rings (SSSR count). The molecule has 4 nitrogen and oxygen atoms in total. The van der Waals surface area contributed by atoms with Crippen molar-refractivity contribution in [3.05, 3.63) is 36.3 Å². The Morgan fingerprint density at radius 3 is 2.59 bits per heavy atom. The molecular formula is C13H20O4. The van der Waals surface area contributed by atoms with Crippen LogP contribution in [0, 0.1) is 0 Å². The first-order valence-electron chi connectivity index (χ1n) is 5.69. The van der Waals surface area contributed by atoms with E-state index >= 15 is 0 Å². The summed E-state index contributed by atoms with van der Waals surface area (Å²) in [6.07, 6.45) is 1.41. The Labute approximate surface area is 102 Å². The minimum absolute atomic E-state index is 0.150. The van der Waals surface area contributed by atoms with Gasteiger partial charge in [0.15, 0.2) is 0 Å². The van der Waals surface area contributed by atoms with Gasteiger partial charge in [0.05, 0.1) is 6.10 Å². The topological polar surface area (TPSA) is 62.8 Å². The van der Waals surface area contributed by atoms with Crippen molar-refractivity contribution in [2.75, 3.05) is 7.11 Å². The van der Waals surface area contributed by atoms with Gasteiger partial charge >= 0.3 is 0 Å². The zero-order valence-corrected chi connectivity index (χ0v) is 10.3. The van der Waals surface area contributed by atoms with Crippen LogP contribution in [0.2, 0.25) is 0 Å². The lowest BCUT2D eigenvalue weighted by Crippen LogP contribution is -2.12. The van der Waals surface area contributed by atoms with Crippen molar-refractivity contribution in [2.45, 2.75) is 38.1 Å². The average Bonchev–Trinajstić information content (AvgIpc) is 2.78. The van der Waals surface area contributed by atoms with Gasteiger partial charge in [-0.25, -0.2) is 0 Å². The van der Waals surface area contributed by atoms with Crippen molar-refractivity contribution in [1.82, 2.24) is 0 Å². The van der Waals surface area contributed by atoms with Crippen molar-refractivity contribution in [2.24, 2.45) is 0 Å². The van der Waals surface area contributed by atoms with Gasteiger partial charge in [-0.15, -0.1) is 6.58 Å². The van der Waals surface area contributed by atoms with E-state index in [-0.39, 0.29) is 6.10 Å². The molecule has 1 aromatic heterocycles. The number of ether oxygens (including phenoxy) is 1. The lowest BCUT2D eigenvalue weighted by molar-refractivity contribution is 0.0121. The van der Waals surface area contributed by atoms with Gasteiger partial charge in [0.1, 0.15) is 23.7 Å². The highest BCUT2D eigenvalue weighted by Gasteiger charge is 2.20. The van der Waals surface area contributed by atoms with Gasteiger partial charge in [-0.3, -0.25) is 0 Å². The van der Waals surface area contributed by atoms with E-state index in [1.54, 1.807) is 19.2 Å². The van der Waals surface area contributed by atoms with Crippen molar-refractivity contribution in [3.8, 4) is 0 Å². The SMILES string of the molecule is C=CCCC(OC)c1ccc(C(O)C(C)O)o1. The summed E-state index contributed by atoms with van der Waals surface area (Å²) in [6.45, 7) is 5.17. The van der Waals surface area contributed by atoms with Gasteiger partial charge in [-0.1, -0.05) is 6.08 Å². The second-order valence-electron chi connectivity index (χ2n) is 4.02. The average molecular weight is 240 g/mol. The van der Waals surface area contributed by atoms with Crippen LogP contribution in [0.1, 0.15) is 43.5 Å². The number of hydrogen-bond acceptors (Lipinski definition) is 4. The monoisotopic (exact) mass is 240 g/mol. The summed E-state index contributed by atoms with van der Waals surface area (Å²) in [6, 6.07) is 3.42. The lowest BCUT2D eigenvalue weighted by atomic mass is 10.1. The maximum atomic E-state index is 9.64. The van der Waals surface area contributed by atoms with E-state index < -0.39 is 12.2 Å². The van der Waals surface area contributed by atoms with Crippen LogP contribution in [0.3, 0.4) is 0 Å². The summed E-state index contributed by atoms with van der Waals surface area (Å²) in [5, 5.41) is 18.9. The number of methoxy groups -OCH3 is 1. The number of allylic oxidation sites excluding steroid dienone is 1. The summed E-state index contributed by atoms with van der Waals surface area (Å²) in [5.41, 5.74) is 0. The molecule has 0 spiro atoms. The van der Waals surface area contributed by atoms with Crippen LogP contribution in [0.25, 0.3) is 0 Å². The van der Waals surface area contributed by atoms with Crippen LogP contribution in [-0.2, 0) is 4.74 Å². The largest absolute Gasteiger partial charge is 0.460 e. The predicted molar refractivity (Wildman–Crippen MR) is 64.5 cm³/mol. The fourth-order valence-electron chi connectivity index (χ4n) is 1.58. The highest BCUT2D eigenvalue weighted by Crippen LogP contribution is 2.27. The Kier molecular flexibility index (Phi) is 5.41. The second kappa shape index (κ2) is 6.59. The fraction of sp³-hybridized carbons (Fsp3) is 0.538. The molecule has 17 heavy (non-hydrogen) atoms. The van der Waals surface area contributed by atoms with E-state index in [9.17, 15) is 10.2 Å². The molecule has 0 fully saturated rings. The zero-order chi connectivity index (χ0) is 12.8. The summed E-state index contributed by atoms with van der Waals surface area (Å²) in [5.74, 6) is 1.01. The molecular weight excluding hydrogens is 220 g/mol. The minimum Gasteiger partial charge on any atom is -0.460 e. The van der Waals surface area contributed by atoms with Crippen molar-refractivity contribution < 1.29 is 19.4 Å².